The molecule has 1 aliphatic heterocycles. The van der Waals surface area contributed by atoms with Gasteiger partial charge >= 0.3 is 0 Å². The van der Waals surface area contributed by atoms with Crippen molar-refractivity contribution in [3.8, 4) is 0 Å². The van der Waals surface area contributed by atoms with E-state index in [1.807, 2.05) is 0 Å². The van der Waals surface area contributed by atoms with Gasteiger partial charge in [0.05, 0.1) is 6.54 Å². The Hall–Kier alpha value is -1.55. The zero-order chi connectivity index (χ0) is 16.8. The van der Waals surface area contributed by atoms with E-state index in [0.717, 1.165) is 31.5 Å². The second kappa shape index (κ2) is 8.52. The molecule has 2 N–H and O–H groups in total. The molecule has 0 amide bonds. The van der Waals surface area contributed by atoms with Crippen LogP contribution in [0.3, 0.4) is 0 Å². The maximum absolute atomic E-state index is 4.83. The number of aryl methyl sites for hydroxylation is 1. The molecule has 0 radical (unpaired) electrons. The van der Waals surface area contributed by atoms with Crippen molar-refractivity contribution < 1.29 is 0 Å². The van der Waals surface area contributed by atoms with Gasteiger partial charge in [-0.2, -0.15) is 0 Å². The van der Waals surface area contributed by atoms with E-state index in [9.17, 15) is 0 Å². The van der Waals surface area contributed by atoms with Crippen LogP contribution in [0.1, 0.15) is 50.7 Å². The SMILES string of the molecule is CCNC(=NCc1ccccc1CC)NC1CCN(C2CC2)CC1. The fraction of sp³-hybridized carbons (Fsp3) is 0.650. The molecule has 132 valence electrons. The number of piperidine rings is 1. The lowest BCUT2D eigenvalue weighted by atomic mass is 10.0. The zero-order valence-corrected chi connectivity index (χ0v) is 15.2. The van der Waals surface area contributed by atoms with Crippen LogP contribution >= 0.6 is 0 Å². The summed E-state index contributed by atoms with van der Waals surface area (Å²) in [5.41, 5.74) is 2.73. The highest BCUT2D eigenvalue weighted by molar-refractivity contribution is 5.80. The van der Waals surface area contributed by atoms with E-state index in [2.05, 4.69) is 53.6 Å². The minimum Gasteiger partial charge on any atom is -0.357 e. The van der Waals surface area contributed by atoms with Gasteiger partial charge in [0.1, 0.15) is 0 Å². The second-order valence-electron chi connectivity index (χ2n) is 7.00. The average molecular weight is 329 g/mol. The molecule has 0 bridgehead atoms. The lowest BCUT2D eigenvalue weighted by Crippen LogP contribution is -2.49. The summed E-state index contributed by atoms with van der Waals surface area (Å²) in [6.45, 7) is 8.47. The Labute approximate surface area is 146 Å². The first kappa shape index (κ1) is 17.3. The van der Waals surface area contributed by atoms with Crippen LogP contribution in [0.5, 0.6) is 0 Å². The number of hydrogen-bond acceptors (Lipinski definition) is 2. The molecule has 2 fully saturated rings. The van der Waals surface area contributed by atoms with Crippen molar-refractivity contribution in [3.63, 3.8) is 0 Å². The van der Waals surface area contributed by atoms with E-state index in [0.29, 0.717) is 6.04 Å². The quantitative estimate of drug-likeness (QED) is 0.623. The van der Waals surface area contributed by atoms with Crippen molar-refractivity contribution >= 4 is 5.96 Å². The summed E-state index contributed by atoms with van der Waals surface area (Å²) >= 11 is 0. The molecule has 3 rings (SSSR count). The number of hydrogen-bond donors (Lipinski definition) is 2. The van der Waals surface area contributed by atoms with Crippen LogP contribution in [0.4, 0.5) is 0 Å². The highest BCUT2D eigenvalue weighted by Gasteiger charge is 2.31. The molecule has 1 heterocycles. The lowest BCUT2D eigenvalue weighted by molar-refractivity contribution is 0.197. The van der Waals surface area contributed by atoms with Crippen LogP contribution in [0.25, 0.3) is 0 Å². The highest BCUT2D eigenvalue weighted by atomic mass is 15.2. The summed E-state index contributed by atoms with van der Waals surface area (Å²) in [5.74, 6) is 0.966. The Balaban J connectivity index is 1.55. The number of nitrogens with one attached hydrogen (secondary N) is 2. The van der Waals surface area contributed by atoms with Gasteiger partial charge in [0, 0.05) is 31.7 Å². The minimum atomic E-state index is 0.555. The first-order valence-electron chi connectivity index (χ1n) is 9.65. The van der Waals surface area contributed by atoms with E-state index in [1.54, 1.807) is 0 Å². The zero-order valence-electron chi connectivity index (χ0n) is 15.2. The minimum absolute atomic E-state index is 0.555. The van der Waals surface area contributed by atoms with Crippen LogP contribution in [0.15, 0.2) is 29.3 Å². The molecule has 2 aliphatic rings. The van der Waals surface area contributed by atoms with E-state index in [-0.39, 0.29) is 0 Å². The maximum Gasteiger partial charge on any atom is 0.191 e. The fourth-order valence-electron chi connectivity index (χ4n) is 3.58. The first-order valence-corrected chi connectivity index (χ1v) is 9.65. The van der Waals surface area contributed by atoms with Gasteiger partial charge in [0.2, 0.25) is 0 Å². The molecule has 0 atom stereocenters. The van der Waals surface area contributed by atoms with Crippen molar-refractivity contribution in [3.05, 3.63) is 35.4 Å². The third kappa shape index (κ3) is 4.73. The van der Waals surface area contributed by atoms with E-state index in [4.69, 9.17) is 4.99 Å². The number of likely N-dealkylation sites (tertiary alicyclic amines) is 1. The van der Waals surface area contributed by atoms with Crippen LogP contribution in [0, 0.1) is 0 Å². The van der Waals surface area contributed by atoms with Gasteiger partial charge in [-0.1, -0.05) is 31.2 Å². The van der Waals surface area contributed by atoms with Crippen molar-refractivity contribution in [2.45, 2.75) is 64.6 Å². The molecular weight excluding hydrogens is 296 g/mol. The van der Waals surface area contributed by atoms with Gasteiger partial charge in [-0.25, -0.2) is 4.99 Å². The summed E-state index contributed by atoms with van der Waals surface area (Å²) in [6.07, 6.45) is 6.35. The van der Waals surface area contributed by atoms with Gasteiger partial charge < -0.3 is 15.5 Å². The van der Waals surface area contributed by atoms with E-state index in [1.165, 1.54) is 49.9 Å². The third-order valence-corrected chi connectivity index (χ3v) is 5.18. The topological polar surface area (TPSA) is 39.7 Å². The molecule has 0 spiro atoms. The molecule has 1 saturated carbocycles. The smallest absolute Gasteiger partial charge is 0.191 e. The first-order chi connectivity index (χ1) is 11.8. The van der Waals surface area contributed by atoms with Crippen molar-refractivity contribution in [2.75, 3.05) is 19.6 Å². The number of benzene rings is 1. The standard InChI is InChI=1S/C20H32N4/c1-3-16-7-5-6-8-17(16)15-22-20(21-4-2)23-18-11-13-24(14-12-18)19-9-10-19/h5-8,18-19H,3-4,9-15H2,1-2H3,(H2,21,22,23). The normalized spacial score (nSPS) is 20.2. The molecule has 0 unspecified atom stereocenters. The van der Waals surface area contributed by atoms with Crippen molar-refractivity contribution in [2.24, 2.45) is 4.99 Å². The predicted octanol–water partition coefficient (Wildman–Crippen LogP) is 2.93. The van der Waals surface area contributed by atoms with Gasteiger partial charge in [-0.15, -0.1) is 0 Å². The molecule has 1 aromatic carbocycles. The van der Waals surface area contributed by atoms with Crippen LogP contribution in [-0.2, 0) is 13.0 Å². The monoisotopic (exact) mass is 328 g/mol. The highest BCUT2D eigenvalue weighted by Crippen LogP contribution is 2.29. The van der Waals surface area contributed by atoms with Crippen LogP contribution < -0.4 is 10.6 Å². The summed E-state index contributed by atoms with van der Waals surface area (Å²) in [7, 11) is 0. The molecule has 4 heteroatoms. The number of guanidine groups is 1. The molecule has 1 aromatic rings. The number of nitrogens with zero attached hydrogens (tertiary/aromatic N) is 2. The van der Waals surface area contributed by atoms with Gasteiger partial charge in [0.25, 0.3) is 0 Å². The molecule has 0 aromatic heterocycles. The summed E-state index contributed by atoms with van der Waals surface area (Å²) in [4.78, 5) is 7.50. The van der Waals surface area contributed by atoms with Crippen LogP contribution in [-0.4, -0.2) is 42.6 Å². The third-order valence-electron chi connectivity index (χ3n) is 5.18. The average Bonchev–Trinajstić information content (AvgIpc) is 3.46. The Morgan fingerprint density at radius 2 is 1.79 bits per heavy atom. The fourth-order valence-corrected chi connectivity index (χ4v) is 3.58. The molecule has 24 heavy (non-hydrogen) atoms. The number of rotatable bonds is 6. The number of aliphatic imine (C=N–C) groups is 1. The Morgan fingerprint density at radius 3 is 2.42 bits per heavy atom. The van der Waals surface area contributed by atoms with Gasteiger partial charge in [-0.3, -0.25) is 0 Å². The maximum atomic E-state index is 4.83. The molecular formula is C20H32N4. The Morgan fingerprint density at radius 1 is 1.08 bits per heavy atom. The predicted molar refractivity (Wildman–Crippen MR) is 101 cm³/mol. The molecule has 4 nitrogen and oxygen atoms in total. The largest absolute Gasteiger partial charge is 0.357 e. The van der Waals surface area contributed by atoms with Gasteiger partial charge in [0.15, 0.2) is 5.96 Å². The van der Waals surface area contributed by atoms with Gasteiger partial charge in [-0.05, 0) is 50.2 Å². The molecule has 1 aliphatic carbocycles. The Bertz CT molecular complexity index is 542. The van der Waals surface area contributed by atoms with Crippen molar-refractivity contribution in [1.29, 1.82) is 0 Å². The summed E-state index contributed by atoms with van der Waals surface area (Å²) in [6, 6.07) is 10.1. The summed E-state index contributed by atoms with van der Waals surface area (Å²) < 4.78 is 0. The van der Waals surface area contributed by atoms with E-state index >= 15 is 0 Å². The molecule has 1 saturated heterocycles. The van der Waals surface area contributed by atoms with E-state index < -0.39 is 0 Å². The van der Waals surface area contributed by atoms with Crippen molar-refractivity contribution in [1.82, 2.24) is 15.5 Å². The summed E-state index contributed by atoms with van der Waals surface area (Å²) in [5, 5.41) is 7.07. The lowest BCUT2D eigenvalue weighted by Gasteiger charge is -2.33. The second-order valence-corrected chi connectivity index (χ2v) is 7.00. The van der Waals surface area contributed by atoms with Crippen LogP contribution in [0.2, 0.25) is 0 Å². The Kier molecular flexibility index (Phi) is 6.13.